The molecule has 2 unspecified atom stereocenters. The van der Waals surface area contributed by atoms with Crippen LogP contribution in [0, 0.1) is 0 Å². The quantitative estimate of drug-likeness (QED) is 0.153. The van der Waals surface area contributed by atoms with Crippen molar-refractivity contribution in [2.75, 3.05) is 20.2 Å². The van der Waals surface area contributed by atoms with Crippen LogP contribution >= 0.6 is 0 Å². The molecule has 3 aromatic carbocycles. The van der Waals surface area contributed by atoms with Gasteiger partial charge in [0, 0.05) is 31.3 Å². The molecule has 11 heteroatoms. The Kier molecular flexibility index (Phi) is 11.9. The van der Waals surface area contributed by atoms with Crippen LogP contribution in [0.5, 0.6) is 5.75 Å². The molecule has 1 heterocycles. The fourth-order valence-corrected chi connectivity index (χ4v) is 4.61. The third kappa shape index (κ3) is 9.70. The third-order valence-electron chi connectivity index (χ3n) is 6.98. The molecule has 230 valence electrons. The lowest BCUT2D eigenvalue weighted by Gasteiger charge is -2.28. The highest BCUT2D eigenvalue weighted by Crippen LogP contribution is 2.20. The first-order valence-electron chi connectivity index (χ1n) is 14.3. The molecule has 0 radical (unpaired) electrons. The van der Waals surface area contributed by atoms with Gasteiger partial charge in [0.15, 0.2) is 0 Å². The number of hydrazine groups is 1. The molecule has 0 spiro atoms. The van der Waals surface area contributed by atoms with Crippen molar-refractivity contribution in [2.45, 2.75) is 38.5 Å². The minimum absolute atomic E-state index is 0.0381. The average molecular weight is 599 g/mol. The number of aromatic nitrogens is 2. The van der Waals surface area contributed by atoms with Crippen molar-refractivity contribution in [2.24, 2.45) is 0 Å². The summed E-state index contributed by atoms with van der Waals surface area (Å²) in [4.78, 5) is 48.5. The molecule has 0 aliphatic heterocycles. The predicted octanol–water partition coefficient (Wildman–Crippen LogP) is 3.71. The molecule has 0 saturated heterocycles. The Balaban J connectivity index is 1.47. The van der Waals surface area contributed by atoms with Crippen molar-refractivity contribution < 1.29 is 23.9 Å². The Hall–Kier alpha value is -5.16. The van der Waals surface area contributed by atoms with Gasteiger partial charge in [0.1, 0.15) is 24.9 Å². The number of para-hydroxylation sites is 1. The summed E-state index contributed by atoms with van der Waals surface area (Å²) in [5.41, 5.74) is 8.88. The van der Waals surface area contributed by atoms with E-state index in [9.17, 15) is 14.4 Å². The van der Waals surface area contributed by atoms with E-state index in [1.54, 1.807) is 19.4 Å². The normalized spacial score (nSPS) is 12.0. The number of hydrogen-bond acceptors (Lipinski definition) is 7. The zero-order valence-corrected chi connectivity index (χ0v) is 24.9. The van der Waals surface area contributed by atoms with Crippen LogP contribution in [0.2, 0.25) is 0 Å². The van der Waals surface area contributed by atoms with E-state index < -0.39 is 23.9 Å². The maximum Gasteiger partial charge on any atom is 0.408 e. The highest BCUT2D eigenvalue weighted by molar-refractivity contribution is 5.89. The summed E-state index contributed by atoms with van der Waals surface area (Å²) < 4.78 is 10.9. The van der Waals surface area contributed by atoms with Gasteiger partial charge in [-0.3, -0.25) is 15.0 Å². The van der Waals surface area contributed by atoms with Crippen molar-refractivity contribution in [1.82, 2.24) is 31.0 Å². The molecule has 11 nitrogen and oxygen atoms in total. The van der Waals surface area contributed by atoms with E-state index in [0.29, 0.717) is 23.6 Å². The van der Waals surface area contributed by atoms with Crippen LogP contribution in [0.4, 0.5) is 4.79 Å². The Morgan fingerprint density at radius 3 is 2.36 bits per heavy atom. The summed E-state index contributed by atoms with van der Waals surface area (Å²) in [6.07, 6.45) is 2.46. The summed E-state index contributed by atoms with van der Waals surface area (Å²) >= 11 is 0. The Morgan fingerprint density at radius 1 is 0.955 bits per heavy atom. The number of rotatable bonds is 15. The van der Waals surface area contributed by atoms with Gasteiger partial charge < -0.3 is 24.7 Å². The topological polar surface area (TPSA) is 138 Å². The van der Waals surface area contributed by atoms with Gasteiger partial charge in [-0.25, -0.2) is 15.2 Å². The third-order valence-corrected chi connectivity index (χ3v) is 6.98. The number of H-pyrrole nitrogens is 1. The molecule has 4 aromatic rings. The van der Waals surface area contributed by atoms with Crippen molar-refractivity contribution in [3.63, 3.8) is 0 Å². The number of imidazole rings is 1. The lowest BCUT2D eigenvalue weighted by molar-refractivity contribution is -0.138. The van der Waals surface area contributed by atoms with Crippen LogP contribution in [-0.2, 0) is 33.9 Å². The fourth-order valence-electron chi connectivity index (χ4n) is 4.61. The zero-order chi connectivity index (χ0) is 31.1. The van der Waals surface area contributed by atoms with E-state index in [1.165, 1.54) is 11.2 Å². The van der Waals surface area contributed by atoms with Gasteiger partial charge in [-0.15, -0.1) is 0 Å². The van der Waals surface area contributed by atoms with E-state index in [-0.39, 0.29) is 32.0 Å². The van der Waals surface area contributed by atoms with Gasteiger partial charge in [-0.05, 0) is 23.1 Å². The Labute approximate surface area is 257 Å². The Bertz CT molecular complexity index is 1470. The minimum atomic E-state index is -1.06. The fraction of sp³-hybridized carbons (Fsp3) is 0.273. The van der Waals surface area contributed by atoms with E-state index in [1.807, 2.05) is 85.8 Å². The standard InChI is InChI=1S/C33H38N6O5/c1-24(26-13-7-4-8-14-26)18-36-38-31(40)21-39(20-27-15-9-10-16-30(27)43-2)32(41)29(17-28-19-34-23-35-28)37-33(42)44-22-25-11-5-3-6-12-25/h3-16,19,23-24,29,36H,17-18,20-22H2,1-2H3,(H,34,35)(H,37,42)(H,38,40). The lowest BCUT2D eigenvalue weighted by atomic mass is 10.0. The van der Waals surface area contributed by atoms with Gasteiger partial charge >= 0.3 is 6.09 Å². The molecule has 4 rings (SSSR count). The lowest BCUT2D eigenvalue weighted by Crippen LogP contribution is -2.53. The predicted molar refractivity (Wildman–Crippen MR) is 165 cm³/mol. The molecule has 0 saturated carbocycles. The van der Waals surface area contributed by atoms with Crippen LogP contribution in [0.15, 0.2) is 97.5 Å². The number of alkyl carbamates (subject to hydrolysis) is 1. The number of aromatic amines is 1. The number of amides is 3. The first-order chi connectivity index (χ1) is 21.4. The zero-order valence-electron chi connectivity index (χ0n) is 24.9. The van der Waals surface area contributed by atoms with Crippen molar-refractivity contribution in [1.29, 1.82) is 0 Å². The molecule has 0 fully saturated rings. The van der Waals surface area contributed by atoms with Crippen molar-refractivity contribution in [3.05, 3.63) is 120 Å². The van der Waals surface area contributed by atoms with Crippen LogP contribution in [-0.4, -0.2) is 59.0 Å². The SMILES string of the molecule is COc1ccccc1CN(CC(=O)NNCC(C)c1ccccc1)C(=O)C(Cc1c[nH]cn1)NC(=O)OCc1ccccc1. The van der Waals surface area contributed by atoms with Crippen molar-refractivity contribution >= 4 is 17.9 Å². The molecule has 1 aromatic heterocycles. The summed E-state index contributed by atoms with van der Waals surface area (Å²) in [5, 5.41) is 2.68. The maximum absolute atomic E-state index is 14.1. The monoisotopic (exact) mass is 598 g/mol. The number of methoxy groups -OCH3 is 1. The number of carbonyl (C=O) groups is 3. The second-order valence-corrected chi connectivity index (χ2v) is 10.3. The van der Waals surface area contributed by atoms with Gasteiger partial charge in [0.05, 0.1) is 19.1 Å². The average Bonchev–Trinajstić information content (AvgIpc) is 3.57. The first kappa shape index (κ1) is 31.8. The molecule has 0 bridgehead atoms. The summed E-state index contributed by atoms with van der Waals surface area (Å²) in [5.74, 6) is -0.186. The molecule has 2 atom stereocenters. The maximum atomic E-state index is 14.1. The van der Waals surface area contributed by atoms with Crippen LogP contribution in [0.1, 0.15) is 35.2 Å². The molecular weight excluding hydrogens is 560 g/mol. The number of nitrogens with zero attached hydrogens (tertiary/aromatic N) is 2. The molecular formula is C33H38N6O5. The van der Waals surface area contributed by atoms with Gasteiger partial charge in [0.25, 0.3) is 5.91 Å². The smallest absolute Gasteiger partial charge is 0.408 e. The molecule has 3 amide bonds. The number of carbonyl (C=O) groups excluding carboxylic acids is 3. The van der Waals surface area contributed by atoms with Gasteiger partial charge in [-0.2, -0.15) is 0 Å². The van der Waals surface area contributed by atoms with E-state index in [2.05, 4.69) is 26.1 Å². The van der Waals surface area contributed by atoms with Crippen LogP contribution in [0.25, 0.3) is 0 Å². The number of hydrogen-bond donors (Lipinski definition) is 4. The van der Waals surface area contributed by atoms with Crippen LogP contribution < -0.4 is 20.9 Å². The highest BCUT2D eigenvalue weighted by atomic mass is 16.5. The second kappa shape index (κ2) is 16.5. The Morgan fingerprint density at radius 2 is 1.66 bits per heavy atom. The van der Waals surface area contributed by atoms with Gasteiger partial charge in [0.2, 0.25) is 5.91 Å². The molecule has 0 aliphatic rings. The summed E-state index contributed by atoms with van der Waals surface area (Å²) in [6, 6.07) is 25.4. The van der Waals surface area contributed by atoms with Crippen molar-refractivity contribution in [3.8, 4) is 5.75 Å². The molecule has 0 aliphatic carbocycles. The number of ether oxygens (including phenoxy) is 2. The molecule has 4 N–H and O–H groups in total. The summed E-state index contributed by atoms with van der Waals surface area (Å²) in [6.45, 7) is 2.37. The first-order valence-corrected chi connectivity index (χ1v) is 14.3. The minimum Gasteiger partial charge on any atom is -0.496 e. The number of nitrogens with one attached hydrogen (secondary N) is 4. The highest BCUT2D eigenvalue weighted by Gasteiger charge is 2.29. The van der Waals surface area contributed by atoms with E-state index in [4.69, 9.17) is 9.47 Å². The second-order valence-electron chi connectivity index (χ2n) is 10.3. The summed E-state index contributed by atoms with van der Waals surface area (Å²) in [7, 11) is 1.54. The van der Waals surface area contributed by atoms with Crippen LogP contribution in [0.3, 0.4) is 0 Å². The largest absolute Gasteiger partial charge is 0.496 e. The van der Waals surface area contributed by atoms with E-state index in [0.717, 1.165) is 11.1 Å². The number of benzene rings is 3. The molecule has 44 heavy (non-hydrogen) atoms. The van der Waals surface area contributed by atoms with Gasteiger partial charge in [-0.1, -0.05) is 85.8 Å². The van der Waals surface area contributed by atoms with E-state index >= 15 is 0 Å².